The van der Waals surface area contributed by atoms with Gasteiger partial charge < -0.3 is 9.30 Å². The molecule has 2 aromatic rings. The molecular weight excluding hydrogens is 238 g/mol. The molecule has 1 aromatic heterocycles. The standard InChI is InChI=1S/C16H19NO2/c1-16(2,3)19-14-8-6-7-13(11-14)12-17-10-5-4-9-15(17)18/h4-11H,12H2,1-3H3. The van der Waals surface area contributed by atoms with Gasteiger partial charge in [0.15, 0.2) is 0 Å². The minimum Gasteiger partial charge on any atom is -0.488 e. The van der Waals surface area contributed by atoms with E-state index < -0.39 is 0 Å². The van der Waals surface area contributed by atoms with Crippen LogP contribution in [0.1, 0.15) is 26.3 Å². The average molecular weight is 257 g/mol. The first-order chi connectivity index (χ1) is 8.94. The highest BCUT2D eigenvalue weighted by molar-refractivity contribution is 5.29. The monoisotopic (exact) mass is 257 g/mol. The van der Waals surface area contributed by atoms with Gasteiger partial charge in [-0.05, 0) is 44.5 Å². The highest BCUT2D eigenvalue weighted by Crippen LogP contribution is 2.19. The van der Waals surface area contributed by atoms with E-state index >= 15 is 0 Å². The van der Waals surface area contributed by atoms with Gasteiger partial charge in [-0.25, -0.2) is 0 Å². The van der Waals surface area contributed by atoms with Crippen molar-refractivity contribution in [3.63, 3.8) is 0 Å². The molecule has 0 bridgehead atoms. The first-order valence-electron chi connectivity index (χ1n) is 6.37. The van der Waals surface area contributed by atoms with E-state index in [0.29, 0.717) is 6.54 Å². The van der Waals surface area contributed by atoms with Crippen LogP contribution < -0.4 is 10.3 Å². The maximum absolute atomic E-state index is 11.7. The Morgan fingerprint density at radius 3 is 2.58 bits per heavy atom. The van der Waals surface area contributed by atoms with E-state index in [4.69, 9.17) is 4.74 Å². The Morgan fingerprint density at radius 1 is 1.11 bits per heavy atom. The van der Waals surface area contributed by atoms with Gasteiger partial charge in [0.2, 0.25) is 0 Å². The lowest BCUT2D eigenvalue weighted by molar-refractivity contribution is 0.131. The SMILES string of the molecule is CC(C)(C)Oc1cccc(Cn2ccccc2=O)c1. The van der Waals surface area contributed by atoms with Gasteiger partial charge in [-0.15, -0.1) is 0 Å². The molecular formula is C16H19NO2. The van der Waals surface area contributed by atoms with Crippen molar-refractivity contribution in [2.45, 2.75) is 32.9 Å². The zero-order valence-electron chi connectivity index (χ0n) is 11.6. The highest BCUT2D eigenvalue weighted by Gasteiger charge is 2.11. The molecule has 2 rings (SSSR count). The summed E-state index contributed by atoms with van der Waals surface area (Å²) in [4.78, 5) is 11.7. The summed E-state index contributed by atoms with van der Waals surface area (Å²) in [5.74, 6) is 0.828. The van der Waals surface area contributed by atoms with Gasteiger partial charge >= 0.3 is 0 Å². The summed E-state index contributed by atoms with van der Waals surface area (Å²) in [7, 11) is 0. The summed E-state index contributed by atoms with van der Waals surface area (Å²) in [6, 6.07) is 13.0. The first-order valence-corrected chi connectivity index (χ1v) is 6.37. The van der Waals surface area contributed by atoms with E-state index in [1.165, 1.54) is 0 Å². The van der Waals surface area contributed by atoms with Crippen LogP contribution in [0.5, 0.6) is 5.75 Å². The molecule has 100 valence electrons. The molecule has 1 heterocycles. The second-order valence-corrected chi connectivity index (χ2v) is 5.53. The summed E-state index contributed by atoms with van der Waals surface area (Å²) in [5.41, 5.74) is 0.835. The zero-order valence-corrected chi connectivity index (χ0v) is 11.6. The van der Waals surface area contributed by atoms with Crippen LogP contribution >= 0.6 is 0 Å². The van der Waals surface area contributed by atoms with Gasteiger partial charge in [0.25, 0.3) is 5.56 Å². The van der Waals surface area contributed by atoms with E-state index in [0.717, 1.165) is 11.3 Å². The Balaban J connectivity index is 2.20. The molecule has 0 fully saturated rings. The summed E-state index contributed by atoms with van der Waals surface area (Å²) in [5, 5.41) is 0. The van der Waals surface area contributed by atoms with E-state index in [9.17, 15) is 4.79 Å². The Labute approximate surface area is 113 Å². The molecule has 3 nitrogen and oxygen atoms in total. The van der Waals surface area contributed by atoms with Crippen LogP contribution in [-0.4, -0.2) is 10.2 Å². The molecule has 0 unspecified atom stereocenters. The van der Waals surface area contributed by atoms with Crippen molar-refractivity contribution in [3.05, 3.63) is 64.6 Å². The molecule has 0 radical (unpaired) electrons. The van der Waals surface area contributed by atoms with Crippen molar-refractivity contribution >= 4 is 0 Å². The van der Waals surface area contributed by atoms with Crippen LogP contribution in [-0.2, 0) is 6.54 Å². The maximum atomic E-state index is 11.7. The third kappa shape index (κ3) is 3.98. The Morgan fingerprint density at radius 2 is 1.89 bits per heavy atom. The second kappa shape index (κ2) is 5.31. The van der Waals surface area contributed by atoms with Crippen molar-refractivity contribution < 1.29 is 4.74 Å². The smallest absolute Gasteiger partial charge is 0.250 e. The van der Waals surface area contributed by atoms with Crippen molar-refractivity contribution in [1.29, 1.82) is 0 Å². The molecule has 0 saturated carbocycles. The molecule has 0 spiro atoms. The summed E-state index contributed by atoms with van der Waals surface area (Å²) < 4.78 is 7.50. The van der Waals surface area contributed by atoms with Crippen molar-refractivity contribution in [2.75, 3.05) is 0 Å². The lowest BCUT2D eigenvalue weighted by atomic mass is 10.1. The quantitative estimate of drug-likeness (QED) is 0.846. The van der Waals surface area contributed by atoms with Gasteiger partial charge in [0.1, 0.15) is 11.4 Å². The van der Waals surface area contributed by atoms with Crippen LogP contribution in [0, 0.1) is 0 Å². The number of hydrogen-bond acceptors (Lipinski definition) is 2. The van der Waals surface area contributed by atoms with Gasteiger partial charge in [0, 0.05) is 12.3 Å². The number of aromatic nitrogens is 1. The molecule has 0 amide bonds. The topological polar surface area (TPSA) is 31.2 Å². The third-order valence-corrected chi connectivity index (χ3v) is 2.57. The number of ether oxygens (including phenoxy) is 1. The second-order valence-electron chi connectivity index (χ2n) is 5.53. The molecule has 0 aliphatic heterocycles. The number of benzene rings is 1. The van der Waals surface area contributed by atoms with Crippen LogP contribution in [0.4, 0.5) is 0 Å². The molecule has 0 N–H and O–H groups in total. The van der Waals surface area contributed by atoms with E-state index in [-0.39, 0.29) is 11.2 Å². The number of hydrogen-bond donors (Lipinski definition) is 0. The van der Waals surface area contributed by atoms with Crippen molar-refractivity contribution in [1.82, 2.24) is 4.57 Å². The van der Waals surface area contributed by atoms with Crippen LogP contribution in [0.25, 0.3) is 0 Å². The fraction of sp³-hybridized carbons (Fsp3) is 0.312. The molecule has 0 aliphatic carbocycles. The summed E-state index contributed by atoms with van der Waals surface area (Å²) in [6.45, 7) is 6.60. The Hall–Kier alpha value is -2.03. The average Bonchev–Trinajstić information content (AvgIpc) is 2.30. The Kier molecular flexibility index (Phi) is 3.74. The largest absolute Gasteiger partial charge is 0.488 e. The fourth-order valence-electron chi connectivity index (χ4n) is 1.85. The summed E-state index contributed by atoms with van der Waals surface area (Å²) >= 11 is 0. The highest BCUT2D eigenvalue weighted by atomic mass is 16.5. The fourth-order valence-corrected chi connectivity index (χ4v) is 1.85. The lowest BCUT2D eigenvalue weighted by Crippen LogP contribution is -2.23. The number of nitrogens with zero attached hydrogens (tertiary/aromatic N) is 1. The van der Waals surface area contributed by atoms with Crippen LogP contribution in [0.15, 0.2) is 53.5 Å². The molecule has 3 heteroatoms. The van der Waals surface area contributed by atoms with Crippen LogP contribution in [0.2, 0.25) is 0 Å². The lowest BCUT2D eigenvalue weighted by Gasteiger charge is -2.21. The molecule has 1 aromatic carbocycles. The molecule has 0 aliphatic rings. The zero-order chi connectivity index (χ0) is 13.9. The number of pyridine rings is 1. The van der Waals surface area contributed by atoms with Gasteiger partial charge in [0.05, 0.1) is 6.54 Å². The predicted octanol–water partition coefficient (Wildman–Crippen LogP) is 3.07. The van der Waals surface area contributed by atoms with Gasteiger partial charge in [-0.2, -0.15) is 0 Å². The van der Waals surface area contributed by atoms with E-state index in [1.807, 2.05) is 51.1 Å². The van der Waals surface area contributed by atoms with E-state index in [2.05, 4.69) is 0 Å². The first kappa shape index (κ1) is 13.4. The molecule has 0 atom stereocenters. The predicted molar refractivity (Wildman–Crippen MR) is 76.6 cm³/mol. The maximum Gasteiger partial charge on any atom is 0.250 e. The minimum absolute atomic E-state index is 0.00430. The normalized spacial score (nSPS) is 11.3. The van der Waals surface area contributed by atoms with Crippen LogP contribution in [0.3, 0.4) is 0 Å². The minimum atomic E-state index is -0.220. The van der Waals surface area contributed by atoms with Gasteiger partial charge in [-0.1, -0.05) is 18.2 Å². The molecule has 19 heavy (non-hydrogen) atoms. The Bertz CT molecular complexity index is 608. The number of rotatable bonds is 3. The summed E-state index contributed by atoms with van der Waals surface area (Å²) in [6.07, 6.45) is 1.79. The van der Waals surface area contributed by atoms with Crippen molar-refractivity contribution in [3.8, 4) is 5.75 Å². The van der Waals surface area contributed by atoms with E-state index in [1.54, 1.807) is 22.9 Å². The van der Waals surface area contributed by atoms with Crippen molar-refractivity contribution in [2.24, 2.45) is 0 Å². The van der Waals surface area contributed by atoms with Gasteiger partial charge in [-0.3, -0.25) is 4.79 Å². The molecule has 0 saturated heterocycles. The third-order valence-electron chi connectivity index (χ3n) is 2.57.